The zero-order valence-electron chi connectivity index (χ0n) is 22.3. The monoisotopic (exact) mass is 577 g/mol. The molecule has 41 heavy (non-hydrogen) atoms. The van der Waals surface area contributed by atoms with Crippen molar-refractivity contribution in [1.29, 1.82) is 5.26 Å². The molecule has 0 fully saturated rings. The predicted octanol–water partition coefficient (Wildman–Crippen LogP) is 5.06. The van der Waals surface area contributed by atoms with E-state index in [2.05, 4.69) is 16.2 Å². The molecule has 1 atom stereocenters. The molecule has 4 heterocycles. The minimum atomic E-state index is -4.74. The summed E-state index contributed by atoms with van der Waals surface area (Å²) in [6.45, 7) is 1.15. The Balaban J connectivity index is 1.62. The summed E-state index contributed by atoms with van der Waals surface area (Å²) >= 11 is 1.29. The lowest BCUT2D eigenvalue weighted by molar-refractivity contribution is -0.140. The molecule has 0 saturated carbocycles. The van der Waals surface area contributed by atoms with E-state index in [1.165, 1.54) is 41.9 Å². The number of fused-ring (bicyclic) bond motifs is 1. The van der Waals surface area contributed by atoms with Gasteiger partial charge in [0, 0.05) is 54.0 Å². The van der Waals surface area contributed by atoms with Crippen molar-refractivity contribution in [3.8, 4) is 22.9 Å². The van der Waals surface area contributed by atoms with Crippen LogP contribution in [0.15, 0.2) is 67.0 Å². The molecule has 0 radical (unpaired) electrons. The highest BCUT2D eigenvalue weighted by Crippen LogP contribution is 2.44. The number of anilines is 1. The molecule has 1 aromatic carbocycles. The lowest BCUT2D eigenvalue weighted by Gasteiger charge is -2.33. The number of hydrogen-bond acceptors (Lipinski definition) is 7. The van der Waals surface area contributed by atoms with Crippen LogP contribution in [0.25, 0.3) is 16.8 Å². The Hall–Kier alpha value is -4.47. The van der Waals surface area contributed by atoms with E-state index in [9.17, 15) is 23.2 Å². The first-order valence-electron chi connectivity index (χ1n) is 12.7. The number of carbonyl (C=O) groups excluding carboxylic acids is 1. The molecular formula is C29H26F3N7OS. The highest BCUT2D eigenvalue weighted by Gasteiger charge is 2.39. The Kier molecular flexibility index (Phi) is 7.66. The second-order valence-corrected chi connectivity index (χ2v) is 11.0. The second-order valence-electron chi connectivity index (χ2n) is 9.90. The average Bonchev–Trinajstić information content (AvgIpc) is 3.57. The number of benzene rings is 1. The number of thiophene rings is 1. The summed E-state index contributed by atoms with van der Waals surface area (Å²) in [6.07, 6.45) is 1.28. The molecule has 210 valence electrons. The fourth-order valence-electron chi connectivity index (χ4n) is 4.91. The minimum Gasteiger partial charge on any atom is -0.384 e. The molecular weight excluding hydrogens is 551 g/mol. The molecule has 0 spiro atoms. The van der Waals surface area contributed by atoms with Gasteiger partial charge >= 0.3 is 6.18 Å². The predicted molar refractivity (Wildman–Crippen MR) is 150 cm³/mol. The maximum Gasteiger partial charge on any atom is 0.435 e. The van der Waals surface area contributed by atoms with E-state index in [4.69, 9.17) is 5.73 Å². The number of likely N-dealkylation sites (N-methyl/N-ethyl adjacent to an activating group) is 1. The first kappa shape index (κ1) is 28.1. The number of carbonyl (C=O) groups is 1. The topological polar surface area (TPSA) is 104 Å². The third-order valence-electron chi connectivity index (χ3n) is 6.75. The number of nitrogens with two attached hydrogens (primary N) is 1. The number of halogens is 3. The Morgan fingerprint density at radius 2 is 2.00 bits per heavy atom. The smallest absolute Gasteiger partial charge is 0.384 e. The summed E-state index contributed by atoms with van der Waals surface area (Å²) in [7, 11) is 3.79. The van der Waals surface area contributed by atoms with Crippen molar-refractivity contribution in [3.05, 3.63) is 93.6 Å². The minimum absolute atomic E-state index is 0.102. The molecule has 3 aromatic heterocycles. The van der Waals surface area contributed by atoms with Crippen molar-refractivity contribution < 1.29 is 18.0 Å². The summed E-state index contributed by atoms with van der Waals surface area (Å²) in [6, 6.07) is 13.7. The van der Waals surface area contributed by atoms with Crippen LogP contribution < -0.4 is 5.73 Å². The van der Waals surface area contributed by atoms with Crippen LogP contribution in [0.1, 0.15) is 32.5 Å². The summed E-state index contributed by atoms with van der Waals surface area (Å²) in [5, 5.41) is 13.5. The summed E-state index contributed by atoms with van der Waals surface area (Å²) in [5.41, 5.74) is 6.74. The van der Waals surface area contributed by atoms with Gasteiger partial charge in [0.2, 0.25) is 5.91 Å². The van der Waals surface area contributed by atoms with Crippen molar-refractivity contribution in [2.75, 3.05) is 32.9 Å². The van der Waals surface area contributed by atoms with E-state index in [-0.39, 0.29) is 23.8 Å². The molecule has 0 bridgehead atoms. The Bertz CT molecular complexity index is 1670. The van der Waals surface area contributed by atoms with Gasteiger partial charge in [-0.05, 0) is 42.9 Å². The van der Waals surface area contributed by atoms with Gasteiger partial charge in [-0.3, -0.25) is 4.79 Å². The van der Waals surface area contributed by atoms with Gasteiger partial charge in [-0.2, -0.15) is 23.5 Å². The molecule has 1 amide bonds. The number of pyridine rings is 1. The number of nitriles is 1. The fourth-order valence-corrected chi connectivity index (χ4v) is 5.95. The van der Waals surface area contributed by atoms with E-state index in [0.717, 1.165) is 15.1 Å². The molecule has 0 aliphatic carbocycles. The van der Waals surface area contributed by atoms with Crippen LogP contribution in [0, 0.1) is 11.3 Å². The van der Waals surface area contributed by atoms with Crippen molar-refractivity contribution in [2.45, 2.75) is 18.6 Å². The van der Waals surface area contributed by atoms with Crippen LogP contribution in [0.2, 0.25) is 0 Å². The molecule has 0 unspecified atom stereocenters. The number of alkyl halides is 3. The van der Waals surface area contributed by atoms with Gasteiger partial charge < -0.3 is 15.5 Å². The van der Waals surface area contributed by atoms with Gasteiger partial charge in [0.1, 0.15) is 16.8 Å². The third kappa shape index (κ3) is 5.86. The van der Waals surface area contributed by atoms with E-state index in [0.29, 0.717) is 34.8 Å². The van der Waals surface area contributed by atoms with Crippen molar-refractivity contribution >= 4 is 23.1 Å². The fraction of sp³-hybridized carbons (Fsp3) is 0.241. The molecule has 12 heteroatoms. The number of aromatic nitrogens is 3. The summed E-state index contributed by atoms with van der Waals surface area (Å²) < 4.78 is 44.2. The number of rotatable bonds is 6. The van der Waals surface area contributed by atoms with E-state index in [1.807, 2.05) is 19.0 Å². The molecule has 1 aliphatic heterocycles. The number of nitrogen functional groups attached to an aromatic ring is 1. The van der Waals surface area contributed by atoms with Crippen LogP contribution in [0.3, 0.4) is 0 Å². The lowest BCUT2D eigenvalue weighted by Crippen LogP contribution is -2.37. The number of hydrogen-bond donors (Lipinski definition) is 1. The highest BCUT2D eigenvalue weighted by atomic mass is 32.1. The van der Waals surface area contributed by atoms with Crippen molar-refractivity contribution in [1.82, 2.24) is 24.6 Å². The SMILES string of the molecule is CN(C)C/C=C/C(=O)N1Cc2sc(C#N)cc2[C@H](c2ccccc2-c2cn(-c3ccnc(N)c3)nc2C(F)(F)F)C1. The Morgan fingerprint density at radius 3 is 2.71 bits per heavy atom. The van der Waals surface area contributed by atoms with Crippen LogP contribution in [-0.4, -0.2) is 57.7 Å². The van der Waals surface area contributed by atoms with E-state index in [1.54, 1.807) is 41.3 Å². The van der Waals surface area contributed by atoms with Crippen LogP contribution in [0.4, 0.5) is 19.0 Å². The lowest BCUT2D eigenvalue weighted by atomic mass is 9.83. The van der Waals surface area contributed by atoms with Gasteiger partial charge in [0.15, 0.2) is 5.69 Å². The van der Waals surface area contributed by atoms with Gasteiger partial charge in [-0.1, -0.05) is 30.3 Å². The van der Waals surface area contributed by atoms with Crippen molar-refractivity contribution in [3.63, 3.8) is 0 Å². The normalized spacial score (nSPS) is 15.3. The molecule has 2 N–H and O–H groups in total. The molecule has 5 rings (SSSR count). The maximum atomic E-state index is 14.3. The van der Waals surface area contributed by atoms with Crippen molar-refractivity contribution in [2.24, 2.45) is 0 Å². The largest absolute Gasteiger partial charge is 0.435 e. The quantitative estimate of drug-likeness (QED) is 0.322. The van der Waals surface area contributed by atoms with Gasteiger partial charge in [-0.25, -0.2) is 9.67 Å². The van der Waals surface area contributed by atoms with Gasteiger partial charge in [-0.15, -0.1) is 11.3 Å². The highest BCUT2D eigenvalue weighted by molar-refractivity contribution is 7.12. The second kappa shape index (κ2) is 11.2. The third-order valence-corrected chi connectivity index (χ3v) is 7.79. The van der Waals surface area contributed by atoms with E-state index < -0.39 is 17.8 Å². The first-order valence-corrected chi connectivity index (χ1v) is 13.5. The molecule has 0 saturated heterocycles. The van der Waals surface area contributed by atoms with Gasteiger partial charge in [0.25, 0.3) is 0 Å². The zero-order chi connectivity index (χ0) is 29.3. The molecule has 1 aliphatic rings. The zero-order valence-corrected chi connectivity index (χ0v) is 23.1. The summed E-state index contributed by atoms with van der Waals surface area (Å²) in [5.74, 6) is -0.509. The number of amides is 1. The van der Waals surface area contributed by atoms with Gasteiger partial charge in [0.05, 0.1) is 12.2 Å². The Morgan fingerprint density at radius 1 is 1.22 bits per heavy atom. The Labute approximate surface area is 238 Å². The van der Waals surface area contributed by atoms with Crippen LogP contribution in [-0.2, 0) is 17.5 Å². The summed E-state index contributed by atoms with van der Waals surface area (Å²) in [4.78, 5) is 22.0. The van der Waals surface area contributed by atoms with Crippen LogP contribution in [0.5, 0.6) is 0 Å². The number of nitrogens with zero attached hydrogens (tertiary/aromatic N) is 6. The average molecular weight is 578 g/mol. The molecule has 8 nitrogen and oxygen atoms in total. The molecule has 4 aromatic rings. The maximum absolute atomic E-state index is 14.3. The van der Waals surface area contributed by atoms with Crippen LogP contribution >= 0.6 is 11.3 Å². The standard InChI is InChI=1S/C29H26F3N7OS/c1-37(2)11-5-8-27(40)38-15-23(22-13-19(14-33)41-25(22)17-38)20-6-3-4-7-21(20)24-16-39(36-28(24)29(30,31)32)18-9-10-35-26(34)12-18/h3-10,12-13,16,23H,11,15,17H2,1-2H3,(H2,34,35)/b8-5+/t23-/m0/s1. The first-order chi connectivity index (χ1) is 19.5. The van der Waals surface area contributed by atoms with E-state index >= 15 is 0 Å².